The van der Waals surface area contributed by atoms with Gasteiger partial charge in [0.15, 0.2) is 0 Å². The average molecular weight is 433 g/mol. The third kappa shape index (κ3) is 3.83. The quantitative estimate of drug-likeness (QED) is 0.438. The molecular formula is C25H24N2O3S. The Labute approximate surface area is 185 Å². The van der Waals surface area contributed by atoms with Gasteiger partial charge in [0.25, 0.3) is 5.91 Å². The second-order valence-corrected chi connectivity index (χ2v) is 9.54. The molecule has 2 unspecified atom stereocenters. The van der Waals surface area contributed by atoms with Gasteiger partial charge in [0.05, 0.1) is 11.1 Å². The van der Waals surface area contributed by atoms with Crippen LogP contribution in [0.15, 0.2) is 48.5 Å². The summed E-state index contributed by atoms with van der Waals surface area (Å²) in [5, 5.41) is 7.52. The lowest BCUT2D eigenvalue weighted by molar-refractivity contribution is 0.0734. The Hall–Kier alpha value is -3.12. The van der Waals surface area contributed by atoms with Gasteiger partial charge in [-0.1, -0.05) is 36.8 Å². The normalized spacial score (nSPS) is 19.6. The van der Waals surface area contributed by atoms with E-state index in [1.165, 1.54) is 10.4 Å². The van der Waals surface area contributed by atoms with E-state index in [9.17, 15) is 9.59 Å². The Kier molecular flexibility index (Phi) is 5.02. The number of esters is 1. The Morgan fingerprint density at radius 3 is 2.55 bits per heavy atom. The van der Waals surface area contributed by atoms with E-state index in [-0.39, 0.29) is 18.0 Å². The maximum absolute atomic E-state index is 12.9. The first-order valence-electron chi connectivity index (χ1n) is 10.6. The van der Waals surface area contributed by atoms with Gasteiger partial charge >= 0.3 is 5.97 Å². The summed E-state index contributed by atoms with van der Waals surface area (Å²) < 4.78 is 5.48. The fourth-order valence-corrected chi connectivity index (χ4v) is 5.65. The third-order valence-electron chi connectivity index (χ3n) is 6.00. The van der Waals surface area contributed by atoms with Gasteiger partial charge in [-0.2, -0.15) is 0 Å². The minimum absolute atomic E-state index is 0.0133. The number of amides is 1. The monoisotopic (exact) mass is 432 g/mol. The molecule has 0 saturated heterocycles. The van der Waals surface area contributed by atoms with Crippen LogP contribution in [0.2, 0.25) is 0 Å². The number of carbonyl (C=O) groups excluding carboxylic acids is 2. The van der Waals surface area contributed by atoms with Crippen molar-refractivity contribution in [3.05, 3.63) is 81.2 Å². The first-order valence-corrected chi connectivity index (χ1v) is 11.4. The molecule has 3 aromatic rings. The van der Waals surface area contributed by atoms with Crippen LogP contribution < -0.4 is 15.4 Å². The lowest BCUT2D eigenvalue weighted by atomic mass is 9.88. The first-order chi connectivity index (χ1) is 15.0. The summed E-state index contributed by atoms with van der Waals surface area (Å²) in [7, 11) is 0. The molecule has 0 radical (unpaired) electrons. The number of aryl methyl sites for hydroxylation is 1. The molecular weight excluding hydrogens is 408 g/mol. The molecule has 5 nitrogen and oxygen atoms in total. The molecule has 2 aliphatic rings. The van der Waals surface area contributed by atoms with Crippen LogP contribution in [-0.2, 0) is 12.8 Å². The molecule has 0 spiro atoms. The van der Waals surface area contributed by atoms with Gasteiger partial charge in [-0.25, -0.2) is 4.79 Å². The summed E-state index contributed by atoms with van der Waals surface area (Å²) in [6.07, 6.45) is 2.85. The van der Waals surface area contributed by atoms with Crippen molar-refractivity contribution in [3.8, 4) is 5.75 Å². The number of hydrogen-bond acceptors (Lipinski definition) is 5. The van der Waals surface area contributed by atoms with E-state index in [1.54, 1.807) is 35.6 Å². The van der Waals surface area contributed by atoms with Gasteiger partial charge < -0.3 is 15.4 Å². The maximum Gasteiger partial charge on any atom is 0.343 e. The Bertz CT molecular complexity index is 1150. The molecule has 2 heterocycles. The maximum atomic E-state index is 12.9. The van der Waals surface area contributed by atoms with Crippen molar-refractivity contribution < 1.29 is 14.3 Å². The summed E-state index contributed by atoms with van der Waals surface area (Å²) in [5.74, 6) is 0.736. The largest absolute Gasteiger partial charge is 0.423 e. The molecule has 2 aromatic carbocycles. The highest BCUT2D eigenvalue weighted by Crippen LogP contribution is 2.42. The van der Waals surface area contributed by atoms with Crippen LogP contribution in [0.25, 0.3) is 0 Å². The molecule has 6 heteroatoms. The molecule has 31 heavy (non-hydrogen) atoms. The fraction of sp³-hybridized carbons (Fsp3) is 0.280. The number of benzene rings is 2. The predicted molar refractivity (Wildman–Crippen MR) is 122 cm³/mol. The SMILES string of the molecule is Cc1ccc(C(=O)Oc2ccc(C3NC(=O)c4c(sc5c4CCC(C)C5)N3)cc2)cc1. The fourth-order valence-electron chi connectivity index (χ4n) is 4.21. The minimum atomic E-state index is -0.389. The molecule has 5 rings (SSSR count). The molecule has 2 atom stereocenters. The third-order valence-corrected chi connectivity index (χ3v) is 7.19. The van der Waals surface area contributed by atoms with Crippen LogP contribution >= 0.6 is 11.3 Å². The van der Waals surface area contributed by atoms with E-state index in [4.69, 9.17) is 4.74 Å². The molecule has 1 amide bonds. The van der Waals surface area contributed by atoms with Gasteiger partial charge in [0.2, 0.25) is 0 Å². The zero-order chi connectivity index (χ0) is 21.5. The minimum Gasteiger partial charge on any atom is -0.423 e. The van der Waals surface area contributed by atoms with Gasteiger partial charge in [0, 0.05) is 4.88 Å². The second kappa shape index (κ2) is 7.85. The first kappa shape index (κ1) is 19.8. The Morgan fingerprint density at radius 1 is 1.06 bits per heavy atom. The van der Waals surface area contributed by atoms with E-state index in [1.807, 2.05) is 31.2 Å². The predicted octanol–water partition coefficient (Wildman–Crippen LogP) is 5.25. The molecule has 1 aromatic heterocycles. The Morgan fingerprint density at radius 2 is 1.81 bits per heavy atom. The number of fused-ring (bicyclic) bond motifs is 3. The number of anilines is 1. The lowest BCUT2D eigenvalue weighted by Gasteiger charge is -2.27. The highest BCUT2D eigenvalue weighted by atomic mass is 32.1. The highest BCUT2D eigenvalue weighted by molar-refractivity contribution is 7.16. The summed E-state index contributed by atoms with van der Waals surface area (Å²) in [4.78, 5) is 26.5. The van der Waals surface area contributed by atoms with Crippen molar-refractivity contribution in [2.24, 2.45) is 5.92 Å². The van der Waals surface area contributed by atoms with Crippen LogP contribution in [0.5, 0.6) is 5.75 Å². The Balaban J connectivity index is 1.31. The van der Waals surface area contributed by atoms with Crippen LogP contribution in [0.1, 0.15) is 61.8 Å². The molecule has 1 aliphatic heterocycles. The van der Waals surface area contributed by atoms with Gasteiger partial charge in [-0.15, -0.1) is 11.3 Å². The van der Waals surface area contributed by atoms with E-state index < -0.39 is 0 Å². The molecule has 2 N–H and O–H groups in total. The number of ether oxygens (including phenoxy) is 1. The highest BCUT2D eigenvalue weighted by Gasteiger charge is 2.33. The van der Waals surface area contributed by atoms with Crippen LogP contribution in [0.3, 0.4) is 0 Å². The summed E-state index contributed by atoms with van der Waals surface area (Å²) in [6.45, 7) is 4.24. The zero-order valence-electron chi connectivity index (χ0n) is 17.5. The van der Waals surface area contributed by atoms with Crippen LogP contribution in [0.4, 0.5) is 5.00 Å². The van der Waals surface area contributed by atoms with E-state index in [0.717, 1.165) is 41.0 Å². The van der Waals surface area contributed by atoms with Crippen molar-refractivity contribution >= 4 is 28.2 Å². The number of thiophene rings is 1. The van der Waals surface area contributed by atoms with E-state index in [0.29, 0.717) is 17.2 Å². The van der Waals surface area contributed by atoms with Gasteiger partial charge in [0.1, 0.15) is 16.9 Å². The van der Waals surface area contributed by atoms with Gasteiger partial charge in [-0.3, -0.25) is 4.79 Å². The molecule has 0 fully saturated rings. The van der Waals surface area contributed by atoms with Crippen molar-refractivity contribution in [2.75, 3.05) is 5.32 Å². The van der Waals surface area contributed by atoms with Crippen molar-refractivity contribution in [3.63, 3.8) is 0 Å². The van der Waals surface area contributed by atoms with Crippen LogP contribution in [0, 0.1) is 12.8 Å². The smallest absolute Gasteiger partial charge is 0.343 e. The van der Waals surface area contributed by atoms with E-state index >= 15 is 0 Å². The molecule has 158 valence electrons. The van der Waals surface area contributed by atoms with Crippen molar-refractivity contribution in [1.82, 2.24) is 5.32 Å². The number of rotatable bonds is 3. The summed E-state index contributed by atoms with van der Waals surface area (Å²) >= 11 is 1.71. The molecule has 1 aliphatic carbocycles. The van der Waals surface area contributed by atoms with Crippen LogP contribution in [-0.4, -0.2) is 11.9 Å². The zero-order valence-corrected chi connectivity index (χ0v) is 18.3. The van der Waals surface area contributed by atoms with Crippen molar-refractivity contribution in [1.29, 1.82) is 0 Å². The number of carbonyl (C=O) groups is 2. The second-order valence-electron chi connectivity index (χ2n) is 8.43. The van der Waals surface area contributed by atoms with E-state index in [2.05, 4.69) is 17.6 Å². The molecule has 0 saturated carbocycles. The number of hydrogen-bond donors (Lipinski definition) is 2. The average Bonchev–Trinajstić information content (AvgIpc) is 3.12. The summed E-state index contributed by atoms with van der Waals surface area (Å²) in [5.41, 5.74) is 4.56. The van der Waals surface area contributed by atoms with Gasteiger partial charge in [-0.05, 0) is 67.5 Å². The lowest BCUT2D eigenvalue weighted by Crippen LogP contribution is -2.38. The van der Waals surface area contributed by atoms with Crippen molar-refractivity contribution in [2.45, 2.75) is 39.3 Å². The standard InChI is InChI=1S/C25H24N2O3S/c1-14-3-6-17(7-4-14)25(29)30-18-10-8-16(9-11-18)22-26-23(28)21-19-12-5-15(2)13-20(19)31-24(21)27-22/h3-4,6-11,15,22,27H,5,12-13H2,1-2H3,(H,26,28). The molecule has 0 bridgehead atoms. The summed E-state index contributed by atoms with van der Waals surface area (Å²) in [6, 6.07) is 14.5. The topological polar surface area (TPSA) is 67.4 Å². The number of nitrogens with one attached hydrogen (secondary N) is 2.